The van der Waals surface area contributed by atoms with Gasteiger partial charge in [0, 0.05) is 25.4 Å². The lowest BCUT2D eigenvalue weighted by Crippen LogP contribution is -2.46. The molecule has 1 aromatic carbocycles. The molecule has 1 aliphatic carbocycles. The maximum atomic E-state index is 14.1. The molecule has 7 nitrogen and oxygen atoms in total. The molecule has 1 fully saturated rings. The van der Waals surface area contributed by atoms with Gasteiger partial charge in [-0.2, -0.15) is 13.8 Å². The fourth-order valence-corrected chi connectivity index (χ4v) is 3.05. The lowest BCUT2D eigenvalue weighted by atomic mass is 9.90. The second kappa shape index (κ2) is 7.65. The number of hydrogen-bond acceptors (Lipinski definition) is 6. The molecule has 4 N–H and O–H groups in total. The average Bonchev–Trinajstić information content (AvgIpc) is 2.62. The van der Waals surface area contributed by atoms with Gasteiger partial charge in [-0.3, -0.25) is 9.79 Å². The van der Waals surface area contributed by atoms with Gasteiger partial charge in [0.15, 0.2) is 0 Å². The van der Waals surface area contributed by atoms with Crippen molar-refractivity contribution in [3.05, 3.63) is 42.1 Å². The zero-order chi connectivity index (χ0) is 19.4. The van der Waals surface area contributed by atoms with Crippen LogP contribution in [0.3, 0.4) is 0 Å². The van der Waals surface area contributed by atoms with Crippen LogP contribution in [0.4, 0.5) is 26.2 Å². The van der Waals surface area contributed by atoms with Crippen LogP contribution in [0.25, 0.3) is 0 Å². The second-order valence-electron chi connectivity index (χ2n) is 6.21. The van der Waals surface area contributed by atoms with Crippen LogP contribution in [-0.2, 0) is 0 Å². The molecule has 0 radical (unpaired) electrons. The molecule has 9 heteroatoms. The highest BCUT2D eigenvalue weighted by Crippen LogP contribution is 2.32. The highest BCUT2D eigenvalue weighted by atomic mass is 19.3. The zero-order valence-electron chi connectivity index (χ0n) is 14.7. The third-order valence-corrected chi connectivity index (χ3v) is 4.32. The quantitative estimate of drug-likeness (QED) is 0.746. The fourth-order valence-electron chi connectivity index (χ4n) is 3.05. The minimum atomic E-state index is -2.96. The van der Waals surface area contributed by atoms with Gasteiger partial charge in [-0.05, 0) is 25.0 Å². The van der Waals surface area contributed by atoms with E-state index in [2.05, 4.69) is 25.6 Å². The summed E-state index contributed by atoms with van der Waals surface area (Å²) in [6.07, 6.45) is 1.90. The van der Waals surface area contributed by atoms with Crippen LogP contribution in [0.2, 0.25) is 0 Å². The molecule has 1 aromatic heterocycles. The molecule has 0 unspecified atom stereocenters. The SMILES string of the molecule is CN=C1[C@H](Nc2ncc(C(N)=O)c(Nc3ccccc3)n2)CCCC1(F)F. The third kappa shape index (κ3) is 4.18. The minimum absolute atomic E-state index is 0.0998. The van der Waals surface area contributed by atoms with Crippen molar-refractivity contribution in [2.75, 3.05) is 17.7 Å². The molecule has 1 heterocycles. The molecule has 1 atom stereocenters. The first-order valence-electron chi connectivity index (χ1n) is 8.51. The number of aliphatic imine (C=N–C) groups is 1. The molecule has 2 aromatic rings. The number of aromatic nitrogens is 2. The molecule has 0 bridgehead atoms. The summed E-state index contributed by atoms with van der Waals surface area (Å²) in [5.74, 6) is -3.34. The first-order valence-corrected chi connectivity index (χ1v) is 8.51. The van der Waals surface area contributed by atoms with E-state index < -0.39 is 17.9 Å². The van der Waals surface area contributed by atoms with E-state index in [1.54, 1.807) is 12.1 Å². The topological polar surface area (TPSA) is 105 Å². The molecule has 1 amide bonds. The van der Waals surface area contributed by atoms with E-state index in [0.717, 1.165) is 0 Å². The standard InChI is InChI=1S/C18H20F2N6O/c1-22-14-13(8-5-9-18(14,19)20)25-17-23-10-12(15(21)27)16(26-17)24-11-6-3-2-4-7-11/h2-4,6-7,10,13H,5,8-9H2,1H3,(H2,21,27)(H2,23,24,25,26)/t13-/m1/s1. The number of carbonyl (C=O) groups is 1. The molecule has 1 aliphatic rings. The van der Waals surface area contributed by atoms with Crippen LogP contribution in [0.5, 0.6) is 0 Å². The van der Waals surface area contributed by atoms with Crippen molar-refractivity contribution in [3.63, 3.8) is 0 Å². The van der Waals surface area contributed by atoms with Crippen molar-refractivity contribution in [2.45, 2.75) is 31.2 Å². The van der Waals surface area contributed by atoms with E-state index >= 15 is 0 Å². The van der Waals surface area contributed by atoms with Crippen LogP contribution in [-0.4, -0.2) is 40.6 Å². The van der Waals surface area contributed by atoms with E-state index in [4.69, 9.17) is 5.73 Å². The molecule has 3 rings (SSSR count). The lowest BCUT2D eigenvalue weighted by Gasteiger charge is -2.31. The summed E-state index contributed by atoms with van der Waals surface area (Å²) in [5, 5.41) is 5.91. The predicted octanol–water partition coefficient (Wildman–Crippen LogP) is 2.99. The largest absolute Gasteiger partial charge is 0.365 e. The molecule has 142 valence electrons. The van der Waals surface area contributed by atoms with E-state index in [1.807, 2.05) is 18.2 Å². The number of hydrogen-bond donors (Lipinski definition) is 3. The van der Waals surface area contributed by atoms with Gasteiger partial charge in [0.1, 0.15) is 17.1 Å². The Hall–Kier alpha value is -3.10. The fraction of sp³-hybridized carbons (Fsp3) is 0.333. The molecule has 0 spiro atoms. The van der Waals surface area contributed by atoms with Crippen molar-refractivity contribution in [1.82, 2.24) is 9.97 Å². The van der Waals surface area contributed by atoms with Gasteiger partial charge in [0.05, 0.1) is 6.04 Å². The monoisotopic (exact) mass is 374 g/mol. The number of carbonyl (C=O) groups excluding carboxylic acids is 1. The number of rotatable bonds is 5. The Bertz CT molecular complexity index is 856. The molecular formula is C18H20F2N6O. The van der Waals surface area contributed by atoms with E-state index in [1.165, 1.54) is 13.2 Å². The average molecular weight is 374 g/mol. The molecule has 1 saturated carbocycles. The Kier molecular flexibility index (Phi) is 5.29. The Morgan fingerprint density at radius 1 is 1.33 bits per heavy atom. The minimum Gasteiger partial charge on any atom is -0.365 e. The number of para-hydroxylation sites is 1. The van der Waals surface area contributed by atoms with E-state index in [9.17, 15) is 13.6 Å². The van der Waals surface area contributed by atoms with Gasteiger partial charge in [0.25, 0.3) is 11.8 Å². The number of halogens is 2. The van der Waals surface area contributed by atoms with Crippen LogP contribution >= 0.6 is 0 Å². The smallest absolute Gasteiger partial charge is 0.287 e. The number of amides is 1. The Labute approximate surface area is 155 Å². The Morgan fingerprint density at radius 3 is 2.74 bits per heavy atom. The number of alkyl halides is 2. The van der Waals surface area contributed by atoms with Crippen LogP contribution in [0.1, 0.15) is 29.6 Å². The molecule has 0 aliphatic heterocycles. The van der Waals surface area contributed by atoms with Crippen LogP contribution < -0.4 is 16.4 Å². The normalized spacial score (nSPS) is 20.3. The number of benzene rings is 1. The van der Waals surface area contributed by atoms with Gasteiger partial charge in [-0.15, -0.1) is 0 Å². The summed E-state index contributed by atoms with van der Waals surface area (Å²) in [5.41, 5.74) is 5.97. The summed E-state index contributed by atoms with van der Waals surface area (Å²) >= 11 is 0. The van der Waals surface area contributed by atoms with Gasteiger partial charge in [-0.1, -0.05) is 18.2 Å². The van der Waals surface area contributed by atoms with Gasteiger partial charge < -0.3 is 16.4 Å². The number of primary amides is 1. The first-order chi connectivity index (χ1) is 12.9. The highest BCUT2D eigenvalue weighted by molar-refractivity contribution is 5.99. The highest BCUT2D eigenvalue weighted by Gasteiger charge is 2.43. The zero-order valence-corrected chi connectivity index (χ0v) is 14.7. The van der Waals surface area contributed by atoms with Gasteiger partial charge in [-0.25, -0.2) is 4.98 Å². The predicted molar refractivity (Wildman–Crippen MR) is 99.8 cm³/mol. The van der Waals surface area contributed by atoms with Gasteiger partial charge in [0.2, 0.25) is 5.95 Å². The van der Waals surface area contributed by atoms with Crippen molar-refractivity contribution in [3.8, 4) is 0 Å². The number of nitrogens with two attached hydrogens (primary N) is 1. The van der Waals surface area contributed by atoms with Crippen molar-refractivity contribution < 1.29 is 13.6 Å². The lowest BCUT2D eigenvalue weighted by molar-refractivity contribution is 0.0535. The molecular weight excluding hydrogens is 354 g/mol. The Morgan fingerprint density at radius 2 is 2.07 bits per heavy atom. The molecule has 0 saturated heterocycles. The maximum absolute atomic E-state index is 14.1. The van der Waals surface area contributed by atoms with E-state index in [0.29, 0.717) is 18.5 Å². The number of nitrogens with one attached hydrogen (secondary N) is 2. The Balaban J connectivity index is 1.88. The third-order valence-electron chi connectivity index (χ3n) is 4.32. The van der Waals surface area contributed by atoms with Crippen molar-refractivity contribution in [2.24, 2.45) is 10.7 Å². The molecule has 27 heavy (non-hydrogen) atoms. The summed E-state index contributed by atoms with van der Waals surface area (Å²) < 4.78 is 28.1. The summed E-state index contributed by atoms with van der Waals surface area (Å²) in [6.45, 7) is 0. The second-order valence-corrected chi connectivity index (χ2v) is 6.21. The number of nitrogens with zero attached hydrogens (tertiary/aromatic N) is 3. The van der Waals surface area contributed by atoms with Crippen LogP contribution in [0, 0.1) is 0 Å². The summed E-state index contributed by atoms with van der Waals surface area (Å²) in [4.78, 5) is 23.7. The van der Waals surface area contributed by atoms with Gasteiger partial charge >= 0.3 is 0 Å². The van der Waals surface area contributed by atoms with Crippen molar-refractivity contribution in [1.29, 1.82) is 0 Å². The summed E-state index contributed by atoms with van der Waals surface area (Å²) in [7, 11) is 1.35. The van der Waals surface area contributed by atoms with E-state index in [-0.39, 0.29) is 29.5 Å². The first kappa shape index (κ1) is 18.7. The maximum Gasteiger partial charge on any atom is 0.287 e. The summed E-state index contributed by atoms with van der Waals surface area (Å²) in [6, 6.07) is 8.40. The van der Waals surface area contributed by atoms with Crippen LogP contribution in [0.15, 0.2) is 41.5 Å². The number of anilines is 3. The van der Waals surface area contributed by atoms with Crippen molar-refractivity contribution >= 4 is 29.1 Å².